The lowest BCUT2D eigenvalue weighted by Gasteiger charge is -2.30. The van der Waals surface area contributed by atoms with Gasteiger partial charge in [-0.15, -0.1) is 11.3 Å². The van der Waals surface area contributed by atoms with E-state index >= 15 is 0 Å². The van der Waals surface area contributed by atoms with E-state index < -0.39 is 29.3 Å². The number of nitrogens with zero attached hydrogens (tertiary/aromatic N) is 1. The smallest absolute Gasteiger partial charge is 0.295 e. The van der Waals surface area contributed by atoms with E-state index in [1.165, 1.54) is 30.6 Å². The van der Waals surface area contributed by atoms with Gasteiger partial charge in [0.25, 0.3) is 11.7 Å². The molecule has 4 rings (SSSR count). The third-order valence-electron chi connectivity index (χ3n) is 5.76. The molecule has 1 atom stereocenters. The molecule has 152 valence electrons. The van der Waals surface area contributed by atoms with Crippen molar-refractivity contribution in [2.75, 3.05) is 7.11 Å². The Bertz CT molecular complexity index is 1010. The fourth-order valence-corrected chi connectivity index (χ4v) is 5.37. The number of aliphatic hydroxyl groups excluding tert-OH is 1. The van der Waals surface area contributed by atoms with E-state index in [1.807, 2.05) is 18.4 Å². The number of ether oxygens (including phenoxy) is 1. The predicted octanol–water partition coefficient (Wildman–Crippen LogP) is 4.57. The third-order valence-corrected chi connectivity index (χ3v) is 6.84. The number of ketones is 1. The number of amides is 1. The molecule has 29 heavy (non-hydrogen) atoms. The van der Waals surface area contributed by atoms with Crippen molar-refractivity contribution in [3.8, 4) is 5.75 Å². The predicted molar refractivity (Wildman–Crippen MR) is 108 cm³/mol. The fraction of sp³-hybridized carbons (Fsp3) is 0.364. The largest absolute Gasteiger partial charge is 0.507 e. The monoisotopic (exact) mass is 415 g/mol. The molecule has 1 aromatic carbocycles. The minimum atomic E-state index is -0.737. The Hall–Kier alpha value is -2.67. The zero-order valence-electron chi connectivity index (χ0n) is 16.3. The maximum atomic E-state index is 13.9. The number of methoxy groups -OCH3 is 1. The number of aryl methyl sites for hydroxylation is 1. The number of hydrogen-bond acceptors (Lipinski definition) is 5. The van der Waals surface area contributed by atoms with Gasteiger partial charge < -0.3 is 14.7 Å². The summed E-state index contributed by atoms with van der Waals surface area (Å²) in [5.41, 5.74) is 1.01. The van der Waals surface area contributed by atoms with E-state index in [9.17, 15) is 19.1 Å². The molecule has 1 aromatic heterocycles. The van der Waals surface area contributed by atoms with E-state index in [1.54, 1.807) is 4.90 Å². The maximum absolute atomic E-state index is 13.9. The number of carbonyl (C=O) groups is 2. The van der Waals surface area contributed by atoms with Gasteiger partial charge in [-0.3, -0.25) is 9.59 Å². The van der Waals surface area contributed by atoms with Gasteiger partial charge in [0.2, 0.25) is 0 Å². The van der Waals surface area contributed by atoms with Gasteiger partial charge in [-0.1, -0.05) is 12.8 Å². The molecule has 1 unspecified atom stereocenters. The minimum Gasteiger partial charge on any atom is -0.507 e. The molecule has 1 N–H and O–H groups in total. The van der Waals surface area contributed by atoms with Crippen molar-refractivity contribution in [3.63, 3.8) is 0 Å². The van der Waals surface area contributed by atoms with Crippen molar-refractivity contribution in [2.45, 2.75) is 44.7 Å². The number of hydrogen-bond donors (Lipinski definition) is 1. The van der Waals surface area contributed by atoms with Crippen molar-refractivity contribution in [1.82, 2.24) is 4.90 Å². The normalized spacial score (nSPS) is 21.9. The summed E-state index contributed by atoms with van der Waals surface area (Å²) in [6.45, 7) is 1.92. The first-order valence-corrected chi connectivity index (χ1v) is 10.5. The molecule has 2 aliphatic rings. The zero-order valence-corrected chi connectivity index (χ0v) is 17.1. The number of carbonyl (C=O) groups excluding carboxylic acids is 2. The summed E-state index contributed by atoms with van der Waals surface area (Å²) in [6, 6.07) is 4.94. The van der Waals surface area contributed by atoms with Gasteiger partial charge in [-0.2, -0.15) is 0 Å². The van der Waals surface area contributed by atoms with Crippen LogP contribution >= 0.6 is 11.3 Å². The lowest BCUT2D eigenvalue weighted by Crippen LogP contribution is -2.37. The van der Waals surface area contributed by atoms with Crippen molar-refractivity contribution in [2.24, 2.45) is 0 Å². The summed E-state index contributed by atoms with van der Waals surface area (Å²) in [5, 5.41) is 13.0. The van der Waals surface area contributed by atoms with E-state index in [2.05, 4.69) is 0 Å². The Labute approximate surface area is 172 Å². The van der Waals surface area contributed by atoms with Gasteiger partial charge in [-0.05, 0) is 55.0 Å². The molecule has 0 bridgehead atoms. The molecule has 0 spiro atoms. The SMILES string of the molecule is COc1ccc(F)cc1/C(O)=C1\C(=O)C(=O)N(C2CCCC2)C1c1sccc1C. The number of halogens is 1. The minimum absolute atomic E-state index is 0.00338. The highest BCUT2D eigenvalue weighted by atomic mass is 32.1. The molecule has 5 nitrogen and oxygen atoms in total. The van der Waals surface area contributed by atoms with E-state index in [0.29, 0.717) is 0 Å². The van der Waals surface area contributed by atoms with Crippen molar-refractivity contribution in [3.05, 3.63) is 57.0 Å². The molecule has 1 aliphatic carbocycles. The number of rotatable bonds is 4. The summed E-state index contributed by atoms with van der Waals surface area (Å²) < 4.78 is 19.2. The van der Waals surface area contributed by atoms with Gasteiger partial charge in [0, 0.05) is 10.9 Å². The molecule has 0 radical (unpaired) electrons. The van der Waals surface area contributed by atoms with Crippen LogP contribution in [0.5, 0.6) is 5.75 Å². The number of Topliss-reactive ketones (excluding diaryl/α,β-unsaturated/α-hetero) is 1. The van der Waals surface area contributed by atoms with E-state index in [-0.39, 0.29) is 22.9 Å². The number of thiophene rings is 1. The second kappa shape index (κ2) is 7.63. The molecule has 2 heterocycles. The average Bonchev–Trinajstić information content (AvgIpc) is 3.42. The van der Waals surface area contributed by atoms with Crippen LogP contribution in [-0.4, -0.2) is 34.8 Å². The second-order valence-electron chi connectivity index (χ2n) is 7.46. The van der Waals surface area contributed by atoms with Crippen molar-refractivity contribution < 1.29 is 23.8 Å². The highest BCUT2D eigenvalue weighted by Crippen LogP contribution is 2.46. The zero-order chi connectivity index (χ0) is 20.7. The summed E-state index contributed by atoms with van der Waals surface area (Å²) in [6.07, 6.45) is 3.66. The molecular formula is C22H22FNO4S. The third kappa shape index (κ3) is 3.23. The number of likely N-dealkylation sites (tertiary alicyclic amines) is 1. The topological polar surface area (TPSA) is 66.8 Å². The van der Waals surface area contributed by atoms with Gasteiger partial charge in [0.15, 0.2) is 0 Å². The van der Waals surface area contributed by atoms with Gasteiger partial charge >= 0.3 is 0 Å². The quantitative estimate of drug-likeness (QED) is 0.451. The van der Waals surface area contributed by atoms with Crippen LogP contribution in [0, 0.1) is 12.7 Å². The van der Waals surface area contributed by atoms with Gasteiger partial charge in [0.1, 0.15) is 23.4 Å². The van der Waals surface area contributed by atoms with Gasteiger partial charge in [0.05, 0.1) is 18.2 Å². The standard InChI is InChI=1S/C22H22FNO4S/c1-12-9-10-29-21(12)18-17(19(25)15-11-13(23)7-8-16(15)28-2)20(26)22(27)24(18)14-5-3-4-6-14/h7-11,14,18,25H,3-6H2,1-2H3/b19-17+. The van der Waals surface area contributed by atoms with Crippen LogP contribution in [0.25, 0.3) is 5.76 Å². The van der Waals surface area contributed by atoms with Crippen LogP contribution in [0.2, 0.25) is 0 Å². The second-order valence-corrected chi connectivity index (χ2v) is 8.40. The number of aliphatic hydroxyl groups is 1. The highest BCUT2D eigenvalue weighted by molar-refractivity contribution is 7.10. The molecule has 1 aliphatic heterocycles. The van der Waals surface area contributed by atoms with Crippen LogP contribution < -0.4 is 4.74 Å². The Morgan fingerprint density at radius 1 is 1.24 bits per heavy atom. The lowest BCUT2D eigenvalue weighted by molar-refractivity contribution is -0.141. The van der Waals surface area contributed by atoms with Crippen molar-refractivity contribution in [1.29, 1.82) is 0 Å². The molecule has 1 saturated heterocycles. The fourth-order valence-electron chi connectivity index (χ4n) is 4.34. The summed E-state index contributed by atoms with van der Waals surface area (Å²) in [5.74, 6) is -2.08. The Morgan fingerprint density at radius 2 is 1.97 bits per heavy atom. The molecule has 7 heteroatoms. The molecule has 1 saturated carbocycles. The van der Waals surface area contributed by atoms with Crippen LogP contribution in [-0.2, 0) is 9.59 Å². The first-order valence-electron chi connectivity index (χ1n) is 9.62. The van der Waals surface area contributed by atoms with Crippen molar-refractivity contribution >= 4 is 28.8 Å². The molecule has 1 amide bonds. The van der Waals surface area contributed by atoms with E-state index in [0.717, 1.165) is 42.2 Å². The van der Waals surface area contributed by atoms with E-state index in [4.69, 9.17) is 4.74 Å². The van der Waals surface area contributed by atoms with Crippen LogP contribution in [0.4, 0.5) is 4.39 Å². The van der Waals surface area contributed by atoms with Gasteiger partial charge in [-0.25, -0.2) is 4.39 Å². The molecule has 2 fully saturated rings. The molecule has 2 aromatic rings. The van der Waals surface area contributed by atoms with Crippen LogP contribution in [0.1, 0.15) is 47.7 Å². The van der Waals surface area contributed by atoms with Crippen LogP contribution in [0.3, 0.4) is 0 Å². The first kappa shape index (κ1) is 19.6. The Morgan fingerprint density at radius 3 is 2.59 bits per heavy atom. The molecular weight excluding hydrogens is 393 g/mol. The average molecular weight is 415 g/mol. The van der Waals surface area contributed by atoms with Crippen LogP contribution in [0.15, 0.2) is 35.2 Å². The summed E-state index contributed by atoms with van der Waals surface area (Å²) in [7, 11) is 1.40. The first-order chi connectivity index (χ1) is 13.9. The Kier molecular flexibility index (Phi) is 5.17. The maximum Gasteiger partial charge on any atom is 0.295 e. The summed E-state index contributed by atoms with van der Waals surface area (Å²) in [4.78, 5) is 28.5. The lowest BCUT2D eigenvalue weighted by atomic mass is 9.97. The summed E-state index contributed by atoms with van der Waals surface area (Å²) >= 11 is 1.45. The highest BCUT2D eigenvalue weighted by Gasteiger charge is 2.50. The number of benzene rings is 1. The Balaban J connectivity index is 1.94.